The minimum Gasteiger partial charge on any atom is -0.604 e. The Morgan fingerprint density at radius 2 is 1.83 bits per heavy atom. The number of nitrogens with one attached hydrogen (secondary N) is 1. The van der Waals surface area contributed by atoms with Gasteiger partial charge in [-0.1, -0.05) is 36.9 Å². The summed E-state index contributed by atoms with van der Waals surface area (Å²) in [6, 6.07) is 10.9. The van der Waals surface area contributed by atoms with Crippen molar-refractivity contribution in [2.24, 2.45) is 0 Å². The van der Waals surface area contributed by atoms with E-state index in [1.54, 1.807) is 12.1 Å². The molecule has 4 rings (SSSR count). The molecule has 1 aliphatic rings. The fraction of sp³-hybridized carbons (Fsp3) is 0.261. The average Bonchev–Trinajstić information content (AvgIpc) is 3.24. The van der Waals surface area contributed by atoms with Crippen molar-refractivity contribution >= 4 is 11.0 Å². The minimum atomic E-state index is -4.93. The molecule has 1 aromatic heterocycles. The molecular formula is C23H18F6N3O4-. The summed E-state index contributed by atoms with van der Waals surface area (Å²) in [7, 11) is 0. The first-order valence-corrected chi connectivity index (χ1v) is 10.5. The first kappa shape index (κ1) is 25.4. The zero-order chi connectivity index (χ0) is 26.3. The molecule has 36 heavy (non-hydrogen) atoms. The molecule has 13 heteroatoms. The third-order valence-corrected chi connectivity index (χ3v) is 5.52. The number of hydrogen-bond donors (Lipinski definition) is 2. The van der Waals surface area contributed by atoms with Gasteiger partial charge in [-0.2, -0.15) is 13.2 Å². The monoisotopic (exact) mass is 514 g/mol. The molecule has 1 atom stereocenters. The maximum absolute atomic E-state index is 13.3. The Balaban J connectivity index is 1.64. The minimum absolute atomic E-state index is 0.0105. The van der Waals surface area contributed by atoms with Gasteiger partial charge >= 0.3 is 18.2 Å². The first-order chi connectivity index (χ1) is 16.8. The molecule has 3 aromatic rings. The molecule has 0 amide bonds. The van der Waals surface area contributed by atoms with Crippen LogP contribution >= 0.6 is 0 Å². The molecule has 0 radical (unpaired) electrons. The number of rotatable bonds is 6. The quantitative estimate of drug-likeness (QED) is 0.333. The second kappa shape index (κ2) is 9.06. The van der Waals surface area contributed by atoms with Crippen molar-refractivity contribution in [1.82, 2.24) is 10.5 Å². The molecule has 192 valence electrons. The SMILES string of the molecule is CCC(O)(C1=CN(Cc2ccc3c(-c4cccc(OC(F)(F)F)c4)cc(=O)oc3c2)N[N-]1)C(F)(F)F. The van der Waals surface area contributed by atoms with Gasteiger partial charge < -0.3 is 30.2 Å². The summed E-state index contributed by atoms with van der Waals surface area (Å²) in [6.45, 7) is 1.17. The topological polar surface area (TPSA) is 89.0 Å². The Labute approximate surface area is 199 Å². The lowest BCUT2D eigenvalue weighted by atomic mass is 9.96. The number of nitrogens with zero attached hydrogens (tertiary/aromatic N) is 2. The normalized spacial score (nSPS) is 16.0. The lowest BCUT2D eigenvalue weighted by molar-refractivity contribution is -0.274. The molecule has 2 aromatic carbocycles. The lowest BCUT2D eigenvalue weighted by Gasteiger charge is -2.36. The summed E-state index contributed by atoms with van der Waals surface area (Å²) in [5.41, 5.74) is 2.69. The van der Waals surface area contributed by atoms with Gasteiger partial charge in [-0.05, 0) is 47.5 Å². The van der Waals surface area contributed by atoms with Crippen LogP contribution in [0.4, 0.5) is 26.3 Å². The second-order valence-corrected chi connectivity index (χ2v) is 7.95. The smallest absolute Gasteiger partial charge is 0.573 e. The van der Waals surface area contributed by atoms with Crippen molar-refractivity contribution in [2.45, 2.75) is 38.0 Å². The van der Waals surface area contributed by atoms with Crippen molar-refractivity contribution < 1.29 is 40.6 Å². The summed E-state index contributed by atoms with van der Waals surface area (Å²) in [5, 5.41) is 11.7. The van der Waals surface area contributed by atoms with Gasteiger partial charge in [-0.3, -0.25) is 0 Å². The fourth-order valence-corrected chi connectivity index (χ4v) is 3.73. The predicted octanol–water partition coefficient (Wildman–Crippen LogP) is 5.51. The molecule has 0 bridgehead atoms. The van der Waals surface area contributed by atoms with Crippen LogP contribution in [0.1, 0.15) is 18.9 Å². The van der Waals surface area contributed by atoms with Crippen LogP contribution in [0.25, 0.3) is 27.5 Å². The predicted molar refractivity (Wildman–Crippen MR) is 116 cm³/mol. The molecule has 0 saturated carbocycles. The molecule has 0 fully saturated rings. The van der Waals surface area contributed by atoms with E-state index in [9.17, 15) is 36.2 Å². The van der Waals surface area contributed by atoms with Gasteiger partial charge in [0.1, 0.15) is 11.3 Å². The zero-order valence-corrected chi connectivity index (χ0v) is 18.4. The van der Waals surface area contributed by atoms with E-state index in [1.807, 2.05) is 0 Å². The van der Waals surface area contributed by atoms with Gasteiger partial charge in [0.2, 0.25) is 0 Å². The van der Waals surface area contributed by atoms with Crippen molar-refractivity contribution in [3.63, 3.8) is 0 Å². The van der Waals surface area contributed by atoms with Crippen LogP contribution in [0, 0.1) is 0 Å². The summed E-state index contributed by atoms with van der Waals surface area (Å²) in [5.74, 6) is -0.463. The van der Waals surface area contributed by atoms with Crippen LogP contribution in [0.15, 0.2) is 69.6 Å². The molecule has 0 aliphatic carbocycles. The highest BCUT2D eigenvalue weighted by Crippen LogP contribution is 2.42. The number of aliphatic hydroxyl groups is 1. The van der Waals surface area contributed by atoms with Crippen LogP contribution in [0.5, 0.6) is 5.75 Å². The number of hydrogen-bond acceptors (Lipinski definition) is 6. The van der Waals surface area contributed by atoms with Crippen LogP contribution < -0.4 is 15.9 Å². The zero-order valence-electron chi connectivity index (χ0n) is 18.4. The van der Waals surface area contributed by atoms with Crippen LogP contribution in [-0.4, -0.2) is 28.3 Å². The summed E-state index contributed by atoms with van der Waals surface area (Å²) < 4.78 is 86.9. The highest BCUT2D eigenvalue weighted by Gasteiger charge is 2.52. The number of alkyl halides is 6. The van der Waals surface area contributed by atoms with Crippen LogP contribution in [0.3, 0.4) is 0 Å². The Hall–Kier alpha value is -3.71. The van der Waals surface area contributed by atoms with Gasteiger partial charge in [0.05, 0.1) is 6.54 Å². The number of benzene rings is 2. The fourth-order valence-electron chi connectivity index (χ4n) is 3.73. The first-order valence-electron chi connectivity index (χ1n) is 10.5. The summed E-state index contributed by atoms with van der Waals surface area (Å²) >= 11 is 0. The maximum atomic E-state index is 13.3. The molecule has 2 heterocycles. The van der Waals surface area contributed by atoms with E-state index >= 15 is 0 Å². The number of halogens is 6. The van der Waals surface area contributed by atoms with E-state index in [0.29, 0.717) is 16.5 Å². The molecule has 2 N–H and O–H groups in total. The van der Waals surface area contributed by atoms with Crippen molar-refractivity contribution in [2.75, 3.05) is 0 Å². The molecule has 0 spiro atoms. The number of fused-ring (bicyclic) bond motifs is 1. The highest BCUT2D eigenvalue weighted by molar-refractivity contribution is 5.93. The third kappa shape index (κ3) is 5.11. The summed E-state index contributed by atoms with van der Waals surface area (Å²) in [6.07, 6.45) is -9.43. The van der Waals surface area contributed by atoms with E-state index < -0.39 is 41.6 Å². The average molecular weight is 514 g/mol. The van der Waals surface area contributed by atoms with Gasteiger partial charge in [-0.15, -0.1) is 13.2 Å². The number of ether oxygens (including phenoxy) is 1. The van der Waals surface area contributed by atoms with Gasteiger partial charge in [0, 0.05) is 11.5 Å². The highest BCUT2D eigenvalue weighted by atomic mass is 19.4. The van der Waals surface area contributed by atoms with Gasteiger partial charge in [0.15, 0.2) is 5.60 Å². The standard InChI is InChI=1S/C23H18F6N3O4/c1-2-21(34,22(24,25)26)19-12-32(31-30-19)11-13-6-7-16-17(10-20(33)35-18(16)8-13)14-4-3-5-15(9-14)36-23(27,28)29/h3-10,12,31,34H,2,11H2,1H3/q-1. The van der Waals surface area contributed by atoms with E-state index in [2.05, 4.69) is 15.7 Å². The van der Waals surface area contributed by atoms with Crippen LogP contribution in [0.2, 0.25) is 0 Å². The van der Waals surface area contributed by atoms with Gasteiger partial charge in [-0.25, -0.2) is 4.79 Å². The molecule has 7 nitrogen and oxygen atoms in total. The Morgan fingerprint density at radius 3 is 2.50 bits per heavy atom. The Bertz CT molecular complexity index is 1370. The van der Waals surface area contributed by atoms with Crippen molar-refractivity contribution in [3.8, 4) is 16.9 Å². The molecule has 1 unspecified atom stereocenters. The largest absolute Gasteiger partial charge is 0.604 e. The second-order valence-electron chi connectivity index (χ2n) is 7.95. The third-order valence-electron chi connectivity index (χ3n) is 5.52. The molecular weight excluding hydrogens is 496 g/mol. The van der Waals surface area contributed by atoms with Crippen molar-refractivity contribution in [1.29, 1.82) is 0 Å². The molecule has 0 saturated heterocycles. The van der Waals surface area contributed by atoms with Gasteiger partial charge in [0.25, 0.3) is 0 Å². The lowest BCUT2D eigenvalue weighted by Crippen LogP contribution is -2.45. The van der Waals surface area contributed by atoms with Crippen LogP contribution in [-0.2, 0) is 6.54 Å². The Morgan fingerprint density at radius 1 is 1.08 bits per heavy atom. The summed E-state index contributed by atoms with van der Waals surface area (Å²) in [4.78, 5) is 12.2. The van der Waals surface area contributed by atoms with E-state index in [0.717, 1.165) is 24.4 Å². The van der Waals surface area contributed by atoms with E-state index in [-0.39, 0.29) is 17.7 Å². The maximum Gasteiger partial charge on any atom is 0.573 e. The molecule has 1 aliphatic heterocycles. The van der Waals surface area contributed by atoms with Crippen molar-refractivity contribution in [3.05, 3.63) is 81.8 Å². The van der Waals surface area contributed by atoms with E-state index in [1.165, 1.54) is 30.1 Å². The number of hydrazine groups is 1. The Kier molecular flexibility index (Phi) is 6.39. The van der Waals surface area contributed by atoms with E-state index in [4.69, 9.17) is 4.42 Å².